The number of phenols is 4. The maximum Gasteiger partial charge on any atom is 0.115 e. The molecule has 4 aromatic rings. The smallest absolute Gasteiger partial charge is 0.115 e. The minimum Gasteiger partial charge on any atom is -0.508 e. The summed E-state index contributed by atoms with van der Waals surface area (Å²) in [4.78, 5) is 0. The van der Waals surface area contributed by atoms with Gasteiger partial charge in [-0.3, -0.25) is 0 Å². The third-order valence-corrected chi connectivity index (χ3v) is 7.63. The third kappa shape index (κ3) is 5.96. The van der Waals surface area contributed by atoms with Gasteiger partial charge in [-0.25, -0.2) is 0 Å². The van der Waals surface area contributed by atoms with Gasteiger partial charge in [0.2, 0.25) is 0 Å². The maximum absolute atomic E-state index is 10.2. The summed E-state index contributed by atoms with van der Waals surface area (Å²) in [5.41, 5.74) is 3.38. The molecule has 0 fully saturated rings. The number of unbranched alkanes of at least 4 members (excludes halogenated alkanes) is 5. The van der Waals surface area contributed by atoms with Crippen LogP contribution >= 0.6 is 0 Å². The van der Waals surface area contributed by atoms with Crippen LogP contribution < -0.4 is 0 Å². The van der Waals surface area contributed by atoms with Crippen LogP contribution in [0.5, 0.6) is 23.0 Å². The summed E-state index contributed by atoms with van der Waals surface area (Å²) in [6, 6.07) is 29.5. The van der Waals surface area contributed by atoms with Gasteiger partial charge in [0, 0.05) is 5.92 Å². The van der Waals surface area contributed by atoms with E-state index >= 15 is 0 Å². The Labute approximate surface area is 225 Å². The second kappa shape index (κ2) is 12.6. The first-order valence-electron chi connectivity index (χ1n) is 13.6. The van der Waals surface area contributed by atoms with Crippen LogP contribution in [-0.4, -0.2) is 20.4 Å². The summed E-state index contributed by atoms with van der Waals surface area (Å²) in [6.45, 7) is 2.22. The predicted octanol–water partition coefficient (Wildman–Crippen LogP) is 8.38. The van der Waals surface area contributed by atoms with Crippen molar-refractivity contribution in [3.8, 4) is 23.0 Å². The molecule has 4 N–H and O–H groups in total. The van der Waals surface area contributed by atoms with Gasteiger partial charge >= 0.3 is 0 Å². The second-order valence-corrected chi connectivity index (χ2v) is 10.1. The second-order valence-electron chi connectivity index (χ2n) is 10.1. The first-order valence-corrected chi connectivity index (χ1v) is 13.6. The Morgan fingerprint density at radius 2 is 0.816 bits per heavy atom. The summed E-state index contributed by atoms with van der Waals surface area (Å²) in [6.07, 6.45) is 7.94. The molecule has 0 heterocycles. The van der Waals surface area contributed by atoms with E-state index in [4.69, 9.17) is 0 Å². The number of aromatic hydroxyl groups is 4. The van der Waals surface area contributed by atoms with Crippen LogP contribution in [0.15, 0.2) is 97.1 Å². The predicted molar refractivity (Wildman–Crippen MR) is 153 cm³/mol. The molecule has 0 spiro atoms. The molecular formula is C34H38O4. The average molecular weight is 511 g/mol. The van der Waals surface area contributed by atoms with Gasteiger partial charge in [0.1, 0.15) is 23.0 Å². The lowest BCUT2D eigenvalue weighted by atomic mass is 9.58. The van der Waals surface area contributed by atoms with Crippen molar-refractivity contribution in [3.63, 3.8) is 0 Å². The molecule has 0 aromatic heterocycles. The highest BCUT2D eigenvalue weighted by Gasteiger charge is 2.44. The highest BCUT2D eigenvalue weighted by atomic mass is 16.3. The molecule has 0 aliphatic rings. The lowest BCUT2D eigenvalue weighted by Gasteiger charge is -2.43. The number of benzene rings is 4. The van der Waals surface area contributed by atoms with Crippen molar-refractivity contribution < 1.29 is 20.4 Å². The van der Waals surface area contributed by atoms with Crippen molar-refractivity contribution >= 4 is 0 Å². The standard InChI is InChI=1S/C34H38O4/c1-2-3-4-5-6-7-8-33(25-9-17-29(35)18-10-25)34(26-11-19-30(36)20-12-26,27-13-21-31(37)22-14-27)28-15-23-32(38)24-16-28/h9-24,33,35-38H,2-8H2,1H3. The highest BCUT2D eigenvalue weighted by Crippen LogP contribution is 2.52. The quantitative estimate of drug-likeness (QED) is 0.114. The highest BCUT2D eigenvalue weighted by molar-refractivity contribution is 5.56. The molecule has 0 aliphatic heterocycles. The number of hydrogen-bond acceptors (Lipinski definition) is 4. The van der Waals surface area contributed by atoms with E-state index in [-0.39, 0.29) is 28.9 Å². The minimum atomic E-state index is -0.699. The lowest BCUT2D eigenvalue weighted by molar-refractivity contribution is 0.422. The van der Waals surface area contributed by atoms with Gasteiger partial charge in [-0.15, -0.1) is 0 Å². The fraction of sp³-hybridized carbons (Fsp3) is 0.294. The summed E-state index contributed by atoms with van der Waals surface area (Å²) in [5, 5.41) is 40.6. The first-order chi connectivity index (χ1) is 18.4. The largest absolute Gasteiger partial charge is 0.508 e. The molecule has 1 unspecified atom stereocenters. The molecule has 0 bridgehead atoms. The lowest BCUT2D eigenvalue weighted by Crippen LogP contribution is -2.36. The molecule has 0 radical (unpaired) electrons. The Morgan fingerprint density at radius 3 is 1.21 bits per heavy atom. The van der Waals surface area contributed by atoms with E-state index in [1.807, 2.05) is 48.5 Å². The van der Waals surface area contributed by atoms with Gasteiger partial charge in [0.05, 0.1) is 5.41 Å². The van der Waals surface area contributed by atoms with Gasteiger partial charge in [-0.2, -0.15) is 0 Å². The van der Waals surface area contributed by atoms with E-state index in [0.29, 0.717) is 0 Å². The van der Waals surface area contributed by atoms with Crippen molar-refractivity contribution in [2.75, 3.05) is 0 Å². The molecular weight excluding hydrogens is 472 g/mol. The molecule has 0 aliphatic carbocycles. The molecule has 0 saturated carbocycles. The summed E-state index contributed by atoms with van der Waals surface area (Å²) >= 11 is 0. The van der Waals surface area contributed by atoms with Gasteiger partial charge in [-0.05, 0) is 77.2 Å². The molecule has 38 heavy (non-hydrogen) atoms. The van der Waals surface area contributed by atoms with E-state index in [1.165, 1.54) is 25.7 Å². The zero-order valence-corrected chi connectivity index (χ0v) is 22.1. The summed E-state index contributed by atoms with van der Waals surface area (Å²) in [5.74, 6) is 0.757. The van der Waals surface area contributed by atoms with Crippen molar-refractivity contribution in [1.29, 1.82) is 0 Å². The monoisotopic (exact) mass is 510 g/mol. The van der Waals surface area contributed by atoms with E-state index in [1.54, 1.807) is 48.5 Å². The van der Waals surface area contributed by atoms with Crippen LogP contribution in [0.2, 0.25) is 0 Å². The molecule has 0 saturated heterocycles. The topological polar surface area (TPSA) is 80.9 Å². The maximum atomic E-state index is 10.2. The third-order valence-electron chi connectivity index (χ3n) is 7.63. The Morgan fingerprint density at radius 1 is 0.474 bits per heavy atom. The minimum absolute atomic E-state index is 0.0343. The van der Waals surface area contributed by atoms with Crippen LogP contribution in [0.3, 0.4) is 0 Å². The van der Waals surface area contributed by atoms with E-state index in [9.17, 15) is 20.4 Å². The Hall–Kier alpha value is -3.92. The van der Waals surface area contributed by atoms with Crippen molar-refractivity contribution in [3.05, 3.63) is 119 Å². The molecule has 198 valence electrons. The molecule has 4 nitrogen and oxygen atoms in total. The Bertz CT molecular complexity index is 1150. The van der Waals surface area contributed by atoms with Gasteiger partial charge in [-0.1, -0.05) is 94.0 Å². The van der Waals surface area contributed by atoms with E-state index < -0.39 is 5.41 Å². The van der Waals surface area contributed by atoms with Crippen LogP contribution in [-0.2, 0) is 5.41 Å². The number of rotatable bonds is 12. The number of hydrogen-bond donors (Lipinski definition) is 4. The van der Waals surface area contributed by atoms with Gasteiger partial charge in [0.15, 0.2) is 0 Å². The molecule has 4 rings (SSSR count). The fourth-order valence-electron chi connectivity index (χ4n) is 5.75. The van der Waals surface area contributed by atoms with Crippen LogP contribution in [0, 0.1) is 0 Å². The number of phenolic OH excluding ortho intramolecular Hbond substituents is 4. The average Bonchev–Trinajstić information content (AvgIpc) is 2.93. The molecule has 4 heteroatoms. The molecule has 4 aromatic carbocycles. The Balaban J connectivity index is 1.95. The van der Waals surface area contributed by atoms with Crippen molar-refractivity contribution in [2.24, 2.45) is 0 Å². The van der Waals surface area contributed by atoms with Gasteiger partial charge in [0.25, 0.3) is 0 Å². The van der Waals surface area contributed by atoms with Crippen LogP contribution in [0.4, 0.5) is 0 Å². The summed E-state index contributed by atoms with van der Waals surface area (Å²) < 4.78 is 0. The van der Waals surface area contributed by atoms with E-state index in [0.717, 1.165) is 41.5 Å². The van der Waals surface area contributed by atoms with Crippen LogP contribution in [0.1, 0.15) is 80.0 Å². The Kier molecular flexibility index (Phi) is 8.96. The summed E-state index contributed by atoms with van der Waals surface area (Å²) in [7, 11) is 0. The fourth-order valence-corrected chi connectivity index (χ4v) is 5.75. The van der Waals surface area contributed by atoms with Crippen molar-refractivity contribution in [2.45, 2.75) is 63.2 Å². The first kappa shape index (κ1) is 27.1. The molecule has 1 atom stereocenters. The molecule has 0 amide bonds. The van der Waals surface area contributed by atoms with Crippen molar-refractivity contribution in [1.82, 2.24) is 0 Å². The zero-order chi connectivity index (χ0) is 27.0. The normalized spacial score (nSPS) is 12.3. The zero-order valence-electron chi connectivity index (χ0n) is 22.1. The van der Waals surface area contributed by atoms with Crippen LogP contribution in [0.25, 0.3) is 0 Å². The van der Waals surface area contributed by atoms with E-state index in [2.05, 4.69) is 6.92 Å². The van der Waals surface area contributed by atoms with Gasteiger partial charge < -0.3 is 20.4 Å². The SMILES string of the molecule is CCCCCCCCC(c1ccc(O)cc1)C(c1ccc(O)cc1)(c1ccc(O)cc1)c1ccc(O)cc1.